The van der Waals surface area contributed by atoms with Crippen molar-refractivity contribution < 1.29 is 18.7 Å². The Kier molecular flexibility index (Phi) is 6.03. The summed E-state index contributed by atoms with van der Waals surface area (Å²) in [5, 5.41) is 3.00. The quantitative estimate of drug-likeness (QED) is 0.846. The molecule has 7 heteroatoms. The largest absolute Gasteiger partial charge is 0.489 e. The van der Waals surface area contributed by atoms with Crippen molar-refractivity contribution in [3.05, 3.63) is 28.5 Å². The van der Waals surface area contributed by atoms with Gasteiger partial charge in [0.05, 0.1) is 11.6 Å². The van der Waals surface area contributed by atoms with Gasteiger partial charge in [-0.2, -0.15) is 0 Å². The van der Waals surface area contributed by atoms with Gasteiger partial charge in [-0.1, -0.05) is 0 Å². The Balaban J connectivity index is 0.00000180. The van der Waals surface area contributed by atoms with E-state index >= 15 is 0 Å². The summed E-state index contributed by atoms with van der Waals surface area (Å²) in [5.74, 6) is -0.223. The zero-order chi connectivity index (χ0) is 13.1. The number of rotatable bonds is 3. The van der Waals surface area contributed by atoms with Gasteiger partial charge in [0.1, 0.15) is 23.7 Å². The molecule has 1 aliphatic rings. The van der Waals surface area contributed by atoms with E-state index < -0.39 is 0 Å². The molecule has 106 valence electrons. The topological polar surface area (TPSA) is 47.6 Å². The highest BCUT2D eigenvalue weighted by Gasteiger charge is 2.31. The van der Waals surface area contributed by atoms with Gasteiger partial charge in [0.2, 0.25) is 0 Å². The van der Waals surface area contributed by atoms with Gasteiger partial charge in [-0.05, 0) is 28.1 Å². The molecular weight excluding hydrogens is 340 g/mol. The van der Waals surface area contributed by atoms with E-state index in [9.17, 15) is 9.18 Å². The lowest BCUT2D eigenvalue weighted by molar-refractivity contribution is -0.142. The predicted octanol–water partition coefficient (Wildman–Crippen LogP) is 2.29. The predicted molar refractivity (Wildman–Crippen MR) is 74.2 cm³/mol. The van der Waals surface area contributed by atoms with Crippen molar-refractivity contribution in [2.24, 2.45) is 0 Å². The fraction of sp³-hybridized carbons (Fsp3) is 0.417. The van der Waals surface area contributed by atoms with Crippen LogP contribution in [0.5, 0.6) is 5.75 Å². The maximum Gasteiger partial charge on any atom is 0.323 e. The molecule has 0 saturated carbocycles. The SMILES string of the molecule is COC(=O)[C@@H]1C[C@H](Oc2ccc(Br)c(F)c2)CN1.Cl. The number of hydrogen-bond donors (Lipinski definition) is 1. The molecule has 1 saturated heterocycles. The molecule has 1 aromatic carbocycles. The maximum absolute atomic E-state index is 13.3. The van der Waals surface area contributed by atoms with Crippen molar-refractivity contribution in [2.75, 3.05) is 13.7 Å². The first-order valence-corrected chi connectivity index (χ1v) is 6.32. The van der Waals surface area contributed by atoms with Crippen LogP contribution in [0.1, 0.15) is 6.42 Å². The lowest BCUT2D eigenvalue weighted by Crippen LogP contribution is -2.31. The minimum Gasteiger partial charge on any atom is -0.489 e. The van der Waals surface area contributed by atoms with Gasteiger partial charge in [0.15, 0.2) is 0 Å². The Morgan fingerprint density at radius 1 is 1.53 bits per heavy atom. The summed E-state index contributed by atoms with van der Waals surface area (Å²) >= 11 is 3.08. The van der Waals surface area contributed by atoms with E-state index in [2.05, 4.69) is 26.0 Å². The number of methoxy groups -OCH3 is 1. The normalized spacial score (nSPS) is 21.6. The average Bonchev–Trinajstić information content (AvgIpc) is 2.81. The van der Waals surface area contributed by atoms with Crippen molar-refractivity contribution in [3.8, 4) is 5.75 Å². The van der Waals surface area contributed by atoms with E-state index in [1.165, 1.54) is 13.2 Å². The molecule has 0 unspecified atom stereocenters. The van der Waals surface area contributed by atoms with Gasteiger partial charge in [0.25, 0.3) is 0 Å². The zero-order valence-corrected chi connectivity index (χ0v) is 12.6. The van der Waals surface area contributed by atoms with E-state index in [0.29, 0.717) is 23.2 Å². The summed E-state index contributed by atoms with van der Waals surface area (Å²) in [7, 11) is 1.35. The van der Waals surface area contributed by atoms with Gasteiger partial charge in [0, 0.05) is 19.0 Å². The van der Waals surface area contributed by atoms with Crippen LogP contribution in [0, 0.1) is 5.82 Å². The second kappa shape index (κ2) is 7.07. The smallest absolute Gasteiger partial charge is 0.323 e. The van der Waals surface area contributed by atoms with Crippen LogP contribution in [0.4, 0.5) is 4.39 Å². The van der Waals surface area contributed by atoms with Crippen LogP contribution in [0.25, 0.3) is 0 Å². The van der Waals surface area contributed by atoms with Gasteiger partial charge in [-0.3, -0.25) is 4.79 Å². The molecule has 2 rings (SSSR count). The third kappa shape index (κ3) is 4.06. The first-order chi connectivity index (χ1) is 8.60. The highest BCUT2D eigenvalue weighted by atomic mass is 79.9. The third-order valence-electron chi connectivity index (χ3n) is 2.77. The van der Waals surface area contributed by atoms with Gasteiger partial charge in [-0.25, -0.2) is 4.39 Å². The fourth-order valence-electron chi connectivity index (χ4n) is 1.86. The first kappa shape index (κ1) is 16.2. The number of ether oxygens (including phenoxy) is 2. The molecule has 2 atom stereocenters. The van der Waals surface area contributed by atoms with Gasteiger partial charge < -0.3 is 14.8 Å². The van der Waals surface area contributed by atoms with E-state index in [1.807, 2.05) is 0 Å². The summed E-state index contributed by atoms with van der Waals surface area (Å²) in [6.07, 6.45) is 0.361. The lowest BCUT2D eigenvalue weighted by atomic mass is 10.2. The highest BCUT2D eigenvalue weighted by Crippen LogP contribution is 2.23. The molecule has 0 aliphatic carbocycles. The van der Waals surface area contributed by atoms with Crippen LogP contribution in [-0.4, -0.2) is 31.8 Å². The molecule has 1 fully saturated rings. The Morgan fingerprint density at radius 2 is 2.26 bits per heavy atom. The molecule has 19 heavy (non-hydrogen) atoms. The number of esters is 1. The van der Waals surface area contributed by atoms with E-state index in [0.717, 1.165) is 0 Å². The average molecular weight is 355 g/mol. The Bertz CT molecular complexity index is 461. The monoisotopic (exact) mass is 353 g/mol. The molecule has 0 amide bonds. The van der Waals surface area contributed by atoms with E-state index in [1.54, 1.807) is 12.1 Å². The lowest BCUT2D eigenvalue weighted by Gasteiger charge is -2.13. The van der Waals surface area contributed by atoms with Crippen LogP contribution < -0.4 is 10.1 Å². The standard InChI is InChI=1S/C12H13BrFNO3.ClH/c1-17-12(16)11-5-8(6-15-11)18-7-2-3-9(13)10(14)4-7;/h2-4,8,11,15H,5-6H2,1H3;1H/t8-,11-;/m0./s1. The zero-order valence-electron chi connectivity index (χ0n) is 10.2. The molecule has 0 radical (unpaired) electrons. The molecule has 1 heterocycles. The number of carbonyl (C=O) groups excluding carboxylic acids is 1. The number of benzene rings is 1. The summed E-state index contributed by atoms with van der Waals surface area (Å²) < 4.78 is 23.9. The van der Waals surface area contributed by atoms with Crippen LogP contribution >= 0.6 is 28.3 Å². The first-order valence-electron chi connectivity index (χ1n) is 5.53. The number of hydrogen-bond acceptors (Lipinski definition) is 4. The number of nitrogens with one attached hydrogen (secondary N) is 1. The number of halogens is 3. The third-order valence-corrected chi connectivity index (χ3v) is 3.41. The van der Waals surface area contributed by atoms with Crippen LogP contribution in [0.2, 0.25) is 0 Å². The summed E-state index contributed by atoms with van der Waals surface area (Å²) in [6, 6.07) is 4.24. The van der Waals surface area contributed by atoms with Crippen molar-refractivity contribution in [3.63, 3.8) is 0 Å². The second-order valence-electron chi connectivity index (χ2n) is 4.04. The summed E-state index contributed by atoms with van der Waals surface area (Å²) in [6.45, 7) is 0.539. The van der Waals surface area contributed by atoms with E-state index in [4.69, 9.17) is 4.74 Å². The summed E-state index contributed by atoms with van der Waals surface area (Å²) in [5.41, 5.74) is 0. The molecule has 0 spiro atoms. The molecule has 0 bridgehead atoms. The van der Waals surface area contributed by atoms with Crippen molar-refractivity contribution in [1.29, 1.82) is 0 Å². The molecule has 4 nitrogen and oxygen atoms in total. The van der Waals surface area contributed by atoms with Crippen molar-refractivity contribution >= 4 is 34.3 Å². The Morgan fingerprint density at radius 3 is 2.89 bits per heavy atom. The van der Waals surface area contributed by atoms with Crippen LogP contribution in [0.15, 0.2) is 22.7 Å². The molecule has 1 aliphatic heterocycles. The maximum atomic E-state index is 13.3. The highest BCUT2D eigenvalue weighted by molar-refractivity contribution is 9.10. The van der Waals surface area contributed by atoms with E-state index in [-0.39, 0.29) is 36.3 Å². The minimum atomic E-state index is -0.372. The van der Waals surface area contributed by atoms with Crippen molar-refractivity contribution in [2.45, 2.75) is 18.6 Å². The molecule has 1 N–H and O–H groups in total. The van der Waals surface area contributed by atoms with Crippen LogP contribution in [0.3, 0.4) is 0 Å². The minimum absolute atomic E-state index is 0. The Hall–Kier alpha value is -0.850. The molecular formula is C12H14BrClFNO3. The summed E-state index contributed by atoms with van der Waals surface area (Å²) in [4.78, 5) is 11.3. The van der Waals surface area contributed by atoms with Gasteiger partial charge >= 0.3 is 5.97 Å². The van der Waals surface area contributed by atoms with Gasteiger partial charge in [-0.15, -0.1) is 12.4 Å². The Labute approximate surface area is 125 Å². The fourth-order valence-corrected chi connectivity index (χ4v) is 2.10. The molecule has 1 aromatic rings. The number of carbonyl (C=O) groups is 1. The van der Waals surface area contributed by atoms with Crippen molar-refractivity contribution in [1.82, 2.24) is 5.32 Å². The molecule has 0 aromatic heterocycles. The second-order valence-corrected chi connectivity index (χ2v) is 4.89. The van der Waals surface area contributed by atoms with Crippen LogP contribution in [-0.2, 0) is 9.53 Å².